The van der Waals surface area contributed by atoms with Crippen LogP contribution in [0.25, 0.3) is 0 Å². The van der Waals surface area contributed by atoms with Gasteiger partial charge in [-0.2, -0.15) is 9.57 Å². The van der Waals surface area contributed by atoms with Gasteiger partial charge in [-0.15, -0.1) is 0 Å². The average Bonchev–Trinajstić information content (AvgIpc) is 2.46. The first-order valence-electron chi connectivity index (χ1n) is 6.97. The smallest absolute Gasteiger partial charge is 0.321 e. The molecule has 0 aliphatic carbocycles. The SMILES string of the molecule is CCOC(=O)CN(CC(C)C)S(=O)(=O)c1cccc(C#N)c1. The number of carbonyl (C=O) groups is 1. The Balaban J connectivity index is 3.14. The van der Waals surface area contributed by atoms with Crippen molar-refractivity contribution < 1.29 is 17.9 Å². The largest absolute Gasteiger partial charge is 0.465 e. The first-order chi connectivity index (χ1) is 10.3. The number of nitriles is 1. The van der Waals surface area contributed by atoms with Crippen molar-refractivity contribution >= 4 is 16.0 Å². The zero-order chi connectivity index (χ0) is 16.8. The van der Waals surface area contributed by atoms with Crippen LogP contribution in [0.3, 0.4) is 0 Å². The van der Waals surface area contributed by atoms with Gasteiger partial charge in [0.2, 0.25) is 10.0 Å². The van der Waals surface area contributed by atoms with Crippen LogP contribution in [-0.4, -0.2) is 38.4 Å². The Hall–Kier alpha value is -1.91. The fourth-order valence-corrected chi connectivity index (χ4v) is 3.48. The number of hydrogen-bond acceptors (Lipinski definition) is 5. The summed E-state index contributed by atoms with van der Waals surface area (Å²) in [6, 6.07) is 7.64. The molecule has 7 heteroatoms. The second-order valence-corrected chi connectivity index (χ2v) is 7.07. The highest BCUT2D eigenvalue weighted by atomic mass is 32.2. The molecule has 0 bridgehead atoms. The van der Waals surface area contributed by atoms with Crippen molar-refractivity contribution in [3.05, 3.63) is 29.8 Å². The molecule has 0 aromatic heterocycles. The van der Waals surface area contributed by atoms with Crippen LogP contribution in [0, 0.1) is 17.2 Å². The molecule has 0 saturated heterocycles. The maximum absolute atomic E-state index is 12.7. The number of benzene rings is 1. The van der Waals surface area contributed by atoms with E-state index in [4.69, 9.17) is 10.00 Å². The van der Waals surface area contributed by atoms with Crippen molar-refractivity contribution in [2.24, 2.45) is 5.92 Å². The topological polar surface area (TPSA) is 87.5 Å². The van der Waals surface area contributed by atoms with Crippen LogP contribution in [-0.2, 0) is 19.6 Å². The normalized spacial score (nSPS) is 11.5. The highest BCUT2D eigenvalue weighted by Crippen LogP contribution is 2.18. The summed E-state index contributed by atoms with van der Waals surface area (Å²) in [7, 11) is -3.86. The van der Waals surface area contributed by atoms with Crippen molar-refractivity contribution in [1.29, 1.82) is 5.26 Å². The fraction of sp³-hybridized carbons (Fsp3) is 0.467. The lowest BCUT2D eigenvalue weighted by atomic mass is 10.2. The number of rotatable bonds is 7. The first-order valence-corrected chi connectivity index (χ1v) is 8.41. The van der Waals surface area contributed by atoms with Gasteiger partial charge in [-0.3, -0.25) is 4.79 Å². The van der Waals surface area contributed by atoms with E-state index in [2.05, 4.69) is 0 Å². The quantitative estimate of drug-likeness (QED) is 0.713. The molecule has 0 fully saturated rings. The predicted octanol–water partition coefficient (Wildman–Crippen LogP) is 1.77. The van der Waals surface area contributed by atoms with Crippen molar-refractivity contribution in [3.63, 3.8) is 0 Å². The molecule has 0 aliphatic rings. The Morgan fingerprint density at radius 2 is 2.09 bits per heavy atom. The average molecular weight is 324 g/mol. The maximum Gasteiger partial charge on any atom is 0.321 e. The van der Waals surface area contributed by atoms with Crippen LogP contribution >= 0.6 is 0 Å². The lowest BCUT2D eigenvalue weighted by Crippen LogP contribution is -2.38. The van der Waals surface area contributed by atoms with E-state index >= 15 is 0 Å². The third-order valence-corrected chi connectivity index (χ3v) is 4.59. The third kappa shape index (κ3) is 4.83. The maximum atomic E-state index is 12.7. The lowest BCUT2D eigenvalue weighted by Gasteiger charge is -2.23. The molecule has 0 N–H and O–H groups in total. The van der Waals surface area contributed by atoms with Gasteiger partial charge in [-0.25, -0.2) is 8.42 Å². The van der Waals surface area contributed by atoms with Gasteiger partial charge in [-0.1, -0.05) is 19.9 Å². The highest BCUT2D eigenvalue weighted by Gasteiger charge is 2.28. The number of hydrogen-bond donors (Lipinski definition) is 0. The number of nitrogens with zero attached hydrogens (tertiary/aromatic N) is 2. The molecule has 120 valence electrons. The van der Waals surface area contributed by atoms with E-state index in [1.54, 1.807) is 6.92 Å². The molecule has 0 heterocycles. The van der Waals surface area contributed by atoms with Gasteiger partial charge in [0.1, 0.15) is 6.54 Å². The lowest BCUT2D eigenvalue weighted by molar-refractivity contribution is -0.143. The molecule has 1 rings (SSSR count). The van der Waals surface area contributed by atoms with Crippen LogP contribution in [0.1, 0.15) is 26.3 Å². The van der Waals surface area contributed by atoms with E-state index in [-0.39, 0.29) is 36.1 Å². The van der Waals surface area contributed by atoms with E-state index in [9.17, 15) is 13.2 Å². The summed E-state index contributed by atoms with van der Waals surface area (Å²) in [6.45, 7) is 5.43. The third-order valence-electron chi connectivity index (χ3n) is 2.78. The minimum absolute atomic E-state index is 0.00324. The molecule has 0 amide bonds. The van der Waals surface area contributed by atoms with Gasteiger partial charge in [-0.05, 0) is 31.0 Å². The molecule has 0 aliphatic heterocycles. The molecule has 22 heavy (non-hydrogen) atoms. The Labute approximate surface area is 131 Å². The number of esters is 1. The molecule has 0 spiro atoms. The zero-order valence-corrected chi connectivity index (χ0v) is 13.8. The monoisotopic (exact) mass is 324 g/mol. The summed E-state index contributed by atoms with van der Waals surface area (Å²) in [5, 5.41) is 8.89. The molecule has 6 nitrogen and oxygen atoms in total. The molecule has 1 aromatic carbocycles. The molecule has 0 unspecified atom stereocenters. The van der Waals surface area contributed by atoms with Crippen molar-refractivity contribution in [2.75, 3.05) is 19.7 Å². The van der Waals surface area contributed by atoms with E-state index in [1.807, 2.05) is 19.9 Å². The first kappa shape index (κ1) is 18.1. The van der Waals surface area contributed by atoms with Crippen molar-refractivity contribution in [1.82, 2.24) is 4.31 Å². The van der Waals surface area contributed by atoms with Gasteiger partial charge >= 0.3 is 5.97 Å². The van der Waals surface area contributed by atoms with Gasteiger partial charge in [0.25, 0.3) is 0 Å². The summed E-state index contributed by atoms with van der Waals surface area (Å²) in [6.07, 6.45) is 0. The summed E-state index contributed by atoms with van der Waals surface area (Å²) in [4.78, 5) is 11.7. The Bertz CT molecular complexity index is 662. The van der Waals surface area contributed by atoms with Crippen LogP contribution in [0.4, 0.5) is 0 Å². The van der Waals surface area contributed by atoms with E-state index < -0.39 is 16.0 Å². The van der Waals surface area contributed by atoms with Gasteiger partial charge in [0.05, 0.1) is 23.1 Å². The number of sulfonamides is 1. The second-order valence-electron chi connectivity index (χ2n) is 5.14. The summed E-state index contributed by atoms with van der Waals surface area (Å²) in [5.74, 6) is -0.550. The molecular formula is C15H20N2O4S. The zero-order valence-electron chi connectivity index (χ0n) is 12.9. The fourth-order valence-electron chi connectivity index (χ4n) is 1.88. The Morgan fingerprint density at radius 1 is 1.41 bits per heavy atom. The van der Waals surface area contributed by atoms with Gasteiger partial charge in [0, 0.05) is 6.54 Å². The van der Waals surface area contributed by atoms with Crippen LogP contribution in [0.15, 0.2) is 29.2 Å². The second kappa shape index (κ2) is 7.92. The van der Waals surface area contributed by atoms with E-state index in [1.165, 1.54) is 24.3 Å². The Morgan fingerprint density at radius 3 is 2.64 bits per heavy atom. The number of ether oxygens (including phenoxy) is 1. The standard InChI is InChI=1S/C15H20N2O4S/c1-4-21-15(18)11-17(10-12(2)3)22(19,20)14-7-5-6-13(8-14)9-16/h5-8,12H,4,10-11H2,1-3H3. The van der Waals surface area contributed by atoms with Gasteiger partial charge < -0.3 is 4.74 Å². The van der Waals surface area contributed by atoms with Gasteiger partial charge in [0.15, 0.2) is 0 Å². The molecular weight excluding hydrogens is 304 g/mol. The minimum Gasteiger partial charge on any atom is -0.465 e. The summed E-state index contributed by atoms with van der Waals surface area (Å²) in [5.41, 5.74) is 0.252. The minimum atomic E-state index is -3.86. The van der Waals surface area contributed by atoms with Crippen LogP contribution in [0.5, 0.6) is 0 Å². The molecule has 0 saturated carbocycles. The molecule has 1 aromatic rings. The summed E-state index contributed by atoms with van der Waals surface area (Å²) >= 11 is 0. The van der Waals surface area contributed by atoms with Crippen molar-refractivity contribution in [3.8, 4) is 6.07 Å². The van der Waals surface area contributed by atoms with Crippen molar-refractivity contribution in [2.45, 2.75) is 25.7 Å². The van der Waals surface area contributed by atoms with Crippen LogP contribution in [0.2, 0.25) is 0 Å². The predicted molar refractivity (Wildman–Crippen MR) is 81.4 cm³/mol. The summed E-state index contributed by atoms with van der Waals surface area (Å²) < 4.78 is 31.3. The van der Waals surface area contributed by atoms with E-state index in [0.717, 1.165) is 4.31 Å². The highest BCUT2D eigenvalue weighted by molar-refractivity contribution is 7.89. The Kier molecular flexibility index (Phi) is 6.53. The molecule has 0 atom stereocenters. The number of carbonyl (C=O) groups excluding carboxylic acids is 1. The van der Waals surface area contributed by atoms with Crippen LogP contribution < -0.4 is 0 Å². The van der Waals surface area contributed by atoms with E-state index in [0.29, 0.717) is 0 Å². The molecule has 0 radical (unpaired) electrons.